The van der Waals surface area contributed by atoms with Gasteiger partial charge in [-0.1, -0.05) is 80.6 Å². The molecule has 10 heteroatoms. The summed E-state index contributed by atoms with van der Waals surface area (Å²) in [4.78, 5) is 13.4. The van der Waals surface area contributed by atoms with E-state index >= 15 is 0 Å². The van der Waals surface area contributed by atoms with Crippen LogP contribution in [-0.2, 0) is 23.2 Å². The predicted molar refractivity (Wildman–Crippen MR) is 171 cm³/mol. The summed E-state index contributed by atoms with van der Waals surface area (Å²) in [6.07, 6.45) is 0. The number of aryl methyl sites for hydroxylation is 1. The molecule has 0 atom stereocenters. The molecule has 1 N–H and O–H groups in total. The molecule has 1 heterocycles. The largest absolute Gasteiger partial charge is 0.488 e. The number of aromatic nitrogens is 3. The van der Waals surface area contributed by atoms with Crippen LogP contribution in [0, 0.1) is 6.92 Å². The Balaban J connectivity index is 1.65. The number of sulfonamides is 1. The third kappa shape index (κ3) is 6.46. The molecule has 0 spiro atoms. The van der Waals surface area contributed by atoms with Gasteiger partial charge in [-0.15, -0.1) is 0 Å². The fourth-order valence-corrected chi connectivity index (χ4v) is 5.98. The normalized spacial score (nSPS) is 11.7. The van der Waals surface area contributed by atoms with Gasteiger partial charge in [0.05, 0.1) is 16.1 Å². The molecule has 0 saturated heterocycles. The van der Waals surface area contributed by atoms with Crippen LogP contribution in [0.1, 0.15) is 42.0 Å². The third-order valence-electron chi connectivity index (χ3n) is 7.31. The number of benzene rings is 4. The Hall–Kier alpha value is -4.67. The van der Waals surface area contributed by atoms with E-state index < -0.39 is 15.7 Å². The van der Waals surface area contributed by atoms with Crippen molar-refractivity contribution in [3.8, 4) is 28.6 Å². The molecule has 9 nitrogen and oxygen atoms in total. The van der Waals surface area contributed by atoms with Crippen molar-refractivity contribution in [2.75, 3.05) is 14.1 Å². The minimum Gasteiger partial charge on any atom is -0.488 e. The predicted octanol–water partition coefficient (Wildman–Crippen LogP) is 6.07. The number of hydrogen-bond donors (Lipinski definition) is 1. The standard InChI is InChI=1S/C34H36N4O5S/c1-23(2)28-19-29(33-35-36-34(39)38(33)27-17-16-24(3)32(18-27)44(40,41)37(4)5)31(43-22-26-14-10-7-11-15-26)20-30(28)42-21-25-12-8-6-9-13-25/h6-20,23H,21-22H2,1-5H3,(H,36,39). The average molecular weight is 613 g/mol. The molecule has 0 radical (unpaired) electrons. The highest BCUT2D eigenvalue weighted by molar-refractivity contribution is 7.89. The first-order valence-corrected chi connectivity index (χ1v) is 15.7. The van der Waals surface area contributed by atoms with Gasteiger partial charge in [-0.05, 0) is 53.3 Å². The molecule has 44 heavy (non-hydrogen) atoms. The number of aromatic amines is 1. The average Bonchev–Trinajstić information content (AvgIpc) is 3.40. The molecule has 5 aromatic rings. The lowest BCUT2D eigenvalue weighted by molar-refractivity contribution is 0.288. The topological polar surface area (TPSA) is 107 Å². The first kappa shape index (κ1) is 30.8. The number of H-pyrrole nitrogens is 1. The van der Waals surface area contributed by atoms with E-state index in [-0.39, 0.29) is 23.2 Å². The summed E-state index contributed by atoms with van der Waals surface area (Å²) in [5.41, 5.74) is 3.87. The summed E-state index contributed by atoms with van der Waals surface area (Å²) in [5.74, 6) is 1.48. The smallest absolute Gasteiger partial charge is 0.348 e. The Morgan fingerprint density at radius 2 is 1.43 bits per heavy atom. The third-order valence-corrected chi connectivity index (χ3v) is 9.27. The van der Waals surface area contributed by atoms with E-state index in [1.807, 2.05) is 72.8 Å². The highest BCUT2D eigenvalue weighted by Crippen LogP contribution is 2.40. The zero-order valence-corrected chi connectivity index (χ0v) is 26.3. The van der Waals surface area contributed by atoms with E-state index in [2.05, 4.69) is 24.0 Å². The fraction of sp³-hybridized carbons (Fsp3) is 0.235. The molecule has 0 saturated carbocycles. The summed E-state index contributed by atoms with van der Waals surface area (Å²) < 4.78 is 41.4. The maximum Gasteiger partial charge on any atom is 0.348 e. The van der Waals surface area contributed by atoms with Crippen molar-refractivity contribution >= 4 is 10.0 Å². The van der Waals surface area contributed by atoms with Gasteiger partial charge < -0.3 is 9.47 Å². The van der Waals surface area contributed by atoms with Crippen LogP contribution in [0.25, 0.3) is 17.1 Å². The van der Waals surface area contributed by atoms with Crippen LogP contribution in [0.15, 0.2) is 101 Å². The number of nitrogens with zero attached hydrogens (tertiary/aromatic N) is 3. The maximum atomic E-state index is 13.2. The second kappa shape index (κ2) is 12.9. The van der Waals surface area contributed by atoms with Gasteiger partial charge in [0, 0.05) is 20.2 Å². The molecule has 1 aromatic heterocycles. The molecular weight excluding hydrogens is 576 g/mol. The molecule has 0 aliphatic carbocycles. The molecule has 0 aliphatic rings. The summed E-state index contributed by atoms with van der Waals surface area (Å²) >= 11 is 0. The fourth-order valence-electron chi connectivity index (χ4n) is 4.84. The Labute approximate surface area is 257 Å². The van der Waals surface area contributed by atoms with Crippen molar-refractivity contribution < 1.29 is 17.9 Å². The van der Waals surface area contributed by atoms with Crippen LogP contribution in [0.3, 0.4) is 0 Å². The van der Waals surface area contributed by atoms with Gasteiger partial charge >= 0.3 is 5.69 Å². The lowest BCUT2D eigenvalue weighted by Gasteiger charge is -2.20. The van der Waals surface area contributed by atoms with Crippen LogP contribution < -0.4 is 15.2 Å². The van der Waals surface area contributed by atoms with Gasteiger partial charge in [0.1, 0.15) is 24.7 Å². The zero-order valence-electron chi connectivity index (χ0n) is 25.4. The number of ether oxygens (including phenoxy) is 2. The van der Waals surface area contributed by atoms with E-state index in [0.29, 0.717) is 34.9 Å². The SMILES string of the molecule is Cc1ccc(-n2c(-c3cc(C(C)C)c(OCc4ccccc4)cc3OCc3ccccc3)n[nH]c2=O)cc1S(=O)(=O)N(C)C. The summed E-state index contributed by atoms with van der Waals surface area (Å²) in [7, 11) is -0.817. The summed E-state index contributed by atoms with van der Waals surface area (Å²) in [6, 6.07) is 28.3. The first-order valence-electron chi connectivity index (χ1n) is 14.3. The number of nitrogens with one attached hydrogen (secondary N) is 1. The second-order valence-corrected chi connectivity index (χ2v) is 13.1. The van der Waals surface area contributed by atoms with E-state index in [4.69, 9.17) is 9.47 Å². The van der Waals surface area contributed by atoms with E-state index in [1.165, 1.54) is 24.7 Å². The maximum absolute atomic E-state index is 13.2. The van der Waals surface area contributed by atoms with E-state index in [1.54, 1.807) is 19.1 Å². The van der Waals surface area contributed by atoms with Crippen LogP contribution >= 0.6 is 0 Å². The lowest BCUT2D eigenvalue weighted by atomic mass is 9.98. The van der Waals surface area contributed by atoms with Gasteiger partial charge in [-0.3, -0.25) is 0 Å². The van der Waals surface area contributed by atoms with Crippen molar-refractivity contribution in [1.29, 1.82) is 0 Å². The molecule has 0 fully saturated rings. The van der Waals surface area contributed by atoms with Gasteiger partial charge in [0.25, 0.3) is 0 Å². The Bertz CT molecular complexity index is 1910. The highest BCUT2D eigenvalue weighted by Gasteiger charge is 2.25. The van der Waals surface area contributed by atoms with Crippen molar-refractivity contribution in [1.82, 2.24) is 19.1 Å². The zero-order chi connectivity index (χ0) is 31.4. The Kier molecular flexibility index (Phi) is 9.03. The molecule has 0 unspecified atom stereocenters. The number of hydrogen-bond acceptors (Lipinski definition) is 6. The van der Waals surface area contributed by atoms with Gasteiger partial charge in [0.15, 0.2) is 5.82 Å². The van der Waals surface area contributed by atoms with Crippen LogP contribution in [0.5, 0.6) is 11.5 Å². The first-order chi connectivity index (χ1) is 21.1. The van der Waals surface area contributed by atoms with Gasteiger partial charge in [-0.25, -0.2) is 27.2 Å². The van der Waals surface area contributed by atoms with Crippen molar-refractivity contribution in [2.24, 2.45) is 0 Å². The lowest BCUT2D eigenvalue weighted by Crippen LogP contribution is -2.24. The molecule has 228 valence electrons. The molecular formula is C34H36N4O5S. The molecule has 4 aromatic carbocycles. The molecule has 0 amide bonds. The van der Waals surface area contributed by atoms with Crippen LogP contribution in [0.4, 0.5) is 0 Å². The van der Waals surface area contributed by atoms with Crippen molar-refractivity contribution in [2.45, 2.75) is 44.8 Å². The van der Waals surface area contributed by atoms with Crippen LogP contribution in [0.2, 0.25) is 0 Å². The monoisotopic (exact) mass is 612 g/mol. The van der Waals surface area contributed by atoms with Crippen molar-refractivity contribution in [3.05, 3.63) is 124 Å². The van der Waals surface area contributed by atoms with E-state index in [9.17, 15) is 13.2 Å². The molecule has 0 aliphatic heterocycles. The second-order valence-electron chi connectivity index (χ2n) is 11.0. The van der Waals surface area contributed by atoms with Gasteiger partial charge in [0.2, 0.25) is 10.0 Å². The minimum absolute atomic E-state index is 0.0676. The Morgan fingerprint density at radius 3 is 2.00 bits per heavy atom. The summed E-state index contributed by atoms with van der Waals surface area (Å²) in [6.45, 7) is 6.50. The summed E-state index contributed by atoms with van der Waals surface area (Å²) in [5, 5.41) is 6.95. The van der Waals surface area contributed by atoms with Crippen LogP contribution in [-0.4, -0.2) is 41.6 Å². The van der Waals surface area contributed by atoms with Gasteiger partial charge in [-0.2, -0.15) is 5.10 Å². The van der Waals surface area contributed by atoms with Crippen molar-refractivity contribution in [3.63, 3.8) is 0 Å². The van der Waals surface area contributed by atoms with E-state index in [0.717, 1.165) is 21.0 Å². The molecule has 0 bridgehead atoms. The highest BCUT2D eigenvalue weighted by atomic mass is 32.2. The molecule has 5 rings (SSSR count). The Morgan fingerprint density at radius 1 is 0.841 bits per heavy atom. The quantitative estimate of drug-likeness (QED) is 0.194. The number of rotatable bonds is 11. The minimum atomic E-state index is -3.77.